The number of hydrogen-bond acceptors (Lipinski definition) is 5. The van der Waals surface area contributed by atoms with E-state index in [1.54, 1.807) is 6.20 Å². The van der Waals surface area contributed by atoms with Gasteiger partial charge in [0, 0.05) is 11.6 Å². The van der Waals surface area contributed by atoms with Gasteiger partial charge in [0.15, 0.2) is 5.76 Å². The zero-order valence-corrected chi connectivity index (χ0v) is 15.1. The van der Waals surface area contributed by atoms with E-state index in [0.29, 0.717) is 0 Å². The number of furan rings is 1. The standard InChI is InChI=1S/C21H24N4O2/c22-19-15-3-1-2-4-16(15)21(20(19)26)8-11-25(12-9-21)13-14-5-6-18(27-14)17-7-10-23-24-17/h1-7,10,19-20,26H,8-9,11-13,22H2,(H,23,24)/t19-,20+/m1/s1. The topological polar surface area (TPSA) is 91.3 Å². The van der Waals surface area contributed by atoms with Gasteiger partial charge in [-0.3, -0.25) is 10.00 Å². The predicted molar refractivity (Wildman–Crippen MR) is 102 cm³/mol. The summed E-state index contributed by atoms with van der Waals surface area (Å²) < 4.78 is 5.96. The number of aliphatic hydroxyl groups excluding tert-OH is 1. The lowest BCUT2D eigenvalue weighted by Crippen LogP contribution is -2.48. The molecule has 0 bridgehead atoms. The van der Waals surface area contributed by atoms with Gasteiger partial charge in [0.05, 0.1) is 18.7 Å². The Morgan fingerprint density at radius 2 is 2.00 bits per heavy atom. The highest BCUT2D eigenvalue weighted by Crippen LogP contribution is 2.50. The number of rotatable bonds is 3. The first-order valence-corrected chi connectivity index (χ1v) is 9.51. The monoisotopic (exact) mass is 364 g/mol. The third kappa shape index (κ3) is 2.64. The number of nitrogens with zero attached hydrogens (tertiary/aromatic N) is 2. The molecule has 2 atom stereocenters. The van der Waals surface area contributed by atoms with Crippen LogP contribution in [0, 0.1) is 0 Å². The Balaban J connectivity index is 1.30. The van der Waals surface area contributed by atoms with Crippen LogP contribution in [0.2, 0.25) is 0 Å². The van der Waals surface area contributed by atoms with Crippen molar-refractivity contribution in [2.75, 3.05) is 13.1 Å². The van der Waals surface area contributed by atoms with E-state index in [0.717, 1.165) is 55.3 Å². The number of benzene rings is 1. The predicted octanol–water partition coefficient (Wildman–Crippen LogP) is 2.58. The zero-order chi connectivity index (χ0) is 18.4. The maximum atomic E-state index is 10.9. The van der Waals surface area contributed by atoms with Crippen molar-refractivity contribution >= 4 is 0 Å². The summed E-state index contributed by atoms with van der Waals surface area (Å²) >= 11 is 0. The summed E-state index contributed by atoms with van der Waals surface area (Å²) in [4.78, 5) is 2.39. The van der Waals surface area contributed by atoms with Crippen LogP contribution in [-0.4, -0.2) is 39.4 Å². The first-order chi connectivity index (χ1) is 13.2. The van der Waals surface area contributed by atoms with E-state index in [1.165, 1.54) is 5.56 Å². The number of nitrogens with one attached hydrogen (secondary N) is 1. The molecule has 2 aliphatic rings. The Hall–Kier alpha value is -2.41. The Kier molecular flexibility index (Phi) is 3.93. The molecule has 27 heavy (non-hydrogen) atoms. The van der Waals surface area contributed by atoms with Gasteiger partial charge in [-0.1, -0.05) is 24.3 Å². The minimum Gasteiger partial charge on any atom is -0.458 e. The van der Waals surface area contributed by atoms with Crippen LogP contribution in [0.15, 0.2) is 53.1 Å². The number of hydrogen-bond donors (Lipinski definition) is 3. The lowest BCUT2D eigenvalue weighted by atomic mass is 9.72. The van der Waals surface area contributed by atoms with E-state index in [2.05, 4.69) is 33.3 Å². The highest BCUT2D eigenvalue weighted by atomic mass is 16.3. The van der Waals surface area contributed by atoms with E-state index in [9.17, 15) is 5.11 Å². The molecule has 1 aliphatic heterocycles. The molecule has 0 unspecified atom stereocenters. The van der Waals surface area contributed by atoms with E-state index < -0.39 is 6.10 Å². The molecule has 3 aromatic rings. The number of aromatic nitrogens is 2. The maximum absolute atomic E-state index is 10.9. The number of piperidine rings is 1. The molecule has 1 aliphatic carbocycles. The van der Waals surface area contributed by atoms with Gasteiger partial charge in [-0.25, -0.2) is 0 Å². The van der Waals surface area contributed by atoms with Crippen molar-refractivity contribution in [2.24, 2.45) is 5.73 Å². The SMILES string of the molecule is N[C@@H]1c2ccccc2C2(CCN(Cc3ccc(-c4ccn[nH]4)o3)CC2)[C@H]1O. The van der Waals surface area contributed by atoms with Crippen molar-refractivity contribution < 1.29 is 9.52 Å². The fraction of sp³-hybridized carbons (Fsp3) is 0.381. The minimum absolute atomic E-state index is 0.212. The van der Waals surface area contributed by atoms with Crippen molar-refractivity contribution in [1.29, 1.82) is 0 Å². The van der Waals surface area contributed by atoms with Crippen molar-refractivity contribution in [2.45, 2.75) is 36.9 Å². The fourth-order valence-corrected chi connectivity index (χ4v) is 4.81. The van der Waals surface area contributed by atoms with Gasteiger partial charge in [0.1, 0.15) is 11.5 Å². The highest BCUT2D eigenvalue weighted by molar-refractivity contribution is 5.51. The first-order valence-electron chi connectivity index (χ1n) is 9.51. The van der Waals surface area contributed by atoms with Crippen LogP contribution in [0.1, 0.15) is 35.8 Å². The van der Waals surface area contributed by atoms with Crippen LogP contribution in [0.5, 0.6) is 0 Å². The maximum Gasteiger partial charge on any atom is 0.152 e. The van der Waals surface area contributed by atoms with Crippen LogP contribution in [0.25, 0.3) is 11.5 Å². The van der Waals surface area contributed by atoms with Crippen molar-refractivity contribution in [3.8, 4) is 11.5 Å². The molecule has 1 aromatic carbocycles. The third-order valence-electron chi connectivity index (χ3n) is 6.32. The highest BCUT2D eigenvalue weighted by Gasteiger charge is 2.51. The smallest absolute Gasteiger partial charge is 0.152 e. The quantitative estimate of drug-likeness (QED) is 0.664. The number of fused-ring (bicyclic) bond motifs is 2. The Morgan fingerprint density at radius 3 is 2.78 bits per heavy atom. The lowest BCUT2D eigenvalue weighted by Gasteiger charge is -2.42. The van der Waals surface area contributed by atoms with Crippen LogP contribution in [0.4, 0.5) is 0 Å². The fourth-order valence-electron chi connectivity index (χ4n) is 4.81. The average molecular weight is 364 g/mol. The molecule has 1 fully saturated rings. The molecule has 3 heterocycles. The van der Waals surface area contributed by atoms with Gasteiger partial charge in [-0.15, -0.1) is 0 Å². The molecule has 1 saturated heterocycles. The van der Waals surface area contributed by atoms with Crippen LogP contribution in [-0.2, 0) is 12.0 Å². The van der Waals surface area contributed by atoms with Gasteiger partial charge in [0.25, 0.3) is 0 Å². The molecule has 6 nitrogen and oxygen atoms in total. The van der Waals surface area contributed by atoms with Crippen LogP contribution >= 0.6 is 0 Å². The average Bonchev–Trinajstić information content (AvgIpc) is 3.42. The Bertz CT molecular complexity index is 925. The summed E-state index contributed by atoms with van der Waals surface area (Å²) in [5.41, 5.74) is 9.34. The molecule has 140 valence electrons. The summed E-state index contributed by atoms with van der Waals surface area (Å²) in [5.74, 6) is 1.75. The minimum atomic E-state index is -0.507. The van der Waals surface area contributed by atoms with Crippen molar-refractivity contribution in [3.05, 3.63) is 65.5 Å². The van der Waals surface area contributed by atoms with Crippen molar-refractivity contribution in [3.63, 3.8) is 0 Å². The normalized spacial score (nSPS) is 24.4. The molecule has 5 rings (SSSR count). The molecular weight excluding hydrogens is 340 g/mol. The summed E-state index contributed by atoms with van der Waals surface area (Å²) in [5, 5.41) is 17.8. The summed E-state index contributed by atoms with van der Waals surface area (Å²) in [6.07, 6.45) is 3.03. The second-order valence-corrected chi connectivity index (χ2v) is 7.73. The summed E-state index contributed by atoms with van der Waals surface area (Å²) in [6, 6.07) is 13.9. The number of aliphatic hydroxyl groups is 1. The van der Waals surface area contributed by atoms with E-state index >= 15 is 0 Å². The number of nitrogens with two attached hydrogens (primary N) is 1. The van der Waals surface area contributed by atoms with Gasteiger partial charge >= 0.3 is 0 Å². The largest absolute Gasteiger partial charge is 0.458 e. The first kappa shape index (κ1) is 16.7. The molecular formula is C21H24N4O2. The molecule has 0 amide bonds. The van der Waals surface area contributed by atoms with E-state index in [1.807, 2.05) is 24.3 Å². The second-order valence-electron chi connectivity index (χ2n) is 7.73. The number of likely N-dealkylation sites (tertiary alicyclic amines) is 1. The Labute approximate surface area is 158 Å². The second kappa shape index (κ2) is 6.34. The summed E-state index contributed by atoms with van der Waals surface area (Å²) in [7, 11) is 0. The Morgan fingerprint density at radius 1 is 1.19 bits per heavy atom. The zero-order valence-electron chi connectivity index (χ0n) is 15.1. The molecule has 4 N–H and O–H groups in total. The molecule has 1 spiro atoms. The van der Waals surface area contributed by atoms with E-state index in [-0.39, 0.29) is 11.5 Å². The van der Waals surface area contributed by atoms with Crippen LogP contribution < -0.4 is 5.73 Å². The van der Waals surface area contributed by atoms with Gasteiger partial charge < -0.3 is 15.3 Å². The van der Waals surface area contributed by atoms with Gasteiger partial charge in [-0.2, -0.15) is 5.10 Å². The molecule has 2 aromatic heterocycles. The molecule has 0 radical (unpaired) electrons. The van der Waals surface area contributed by atoms with Gasteiger partial charge in [0.2, 0.25) is 0 Å². The third-order valence-corrected chi connectivity index (χ3v) is 6.32. The number of aromatic amines is 1. The van der Waals surface area contributed by atoms with Crippen LogP contribution in [0.3, 0.4) is 0 Å². The summed E-state index contributed by atoms with van der Waals surface area (Å²) in [6.45, 7) is 2.60. The lowest BCUT2D eigenvalue weighted by molar-refractivity contribution is 0.0258. The van der Waals surface area contributed by atoms with Crippen molar-refractivity contribution in [1.82, 2.24) is 15.1 Å². The molecule has 0 saturated carbocycles. The number of H-pyrrole nitrogens is 1. The van der Waals surface area contributed by atoms with Gasteiger partial charge in [-0.05, 0) is 55.3 Å². The molecule has 6 heteroatoms. The van der Waals surface area contributed by atoms with E-state index in [4.69, 9.17) is 10.2 Å².